The smallest absolute Gasteiger partial charge is 0.318 e. The van der Waals surface area contributed by atoms with Crippen LogP contribution in [0.5, 0.6) is 0 Å². The lowest BCUT2D eigenvalue weighted by molar-refractivity contribution is 0.172. The normalized spacial score (nSPS) is 18.9. The number of carbonyl (C=O) groups excluding carboxylic acids is 1. The Morgan fingerprint density at radius 1 is 1.00 bits per heavy atom. The van der Waals surface area contributed by atoms with Gasteiger partial charge in [0.05, 0.1) is 6.04 Å². The van der Waals surface area contributed by atoms with Crippen molar-refractivity contribution in [3.63, 3.8) is 0 Å². The quantitative estimate of drug-likeness (QED) is 0.920. The van der Waals surface area contributed by atoms with Gasteiger partial charge in [-0.05, 0) is 30.4 Å². The van der Waals surface area contributed by atoms with Crippen LogP contribution in [0.4, 0.5) is 10.7 Å². The first kappa shape index (κ1) is 16.8. The summed E-state index contributed by atoms with van der Waals surface area (Å²) in [6, 6.07) is 12.3. The Kier molecular flexibility index (Phi) is 5.00. The van der Waals surface area contributed by atoms with Gasteiger partial charge >= 0.3 is 6.03 Å². The summed E-state index contributed by atoms with van der Waals surface area (Å²) < 4.78 is 0. The minimum absolute atomic E-state index is 0.0411. The van der Waals surface area contributed by atoms with Gasteiger partial charge in [0.2, 0.25) is 5.95 Å². The number of urea groups is 1. The van der Waals surface area contributed by atoms with Crippen LogP contribution in [0, 0.1) is 5.92 Å². The number of carbonyl (C=O) groups is 1. The van der Waals surface area contributed by atoms with E-state index in [1.165, 1.54) is 24.8 Å². The Morgan fingerprint density at radius 3 is 2.31 bits per heavy atom. The molecule has 6 nitrogen and oxygen atoms in total. The summed E-state index contributed by atoms with van der Waals surface area (Å²) >= 11 is 0. The molecule has 2 aromatic rings. The van der Waals surface area contributed by atoms with E-state index in [9.17, 15) is 4.79 Å². The zero-order chi connectivity index (χ0) is 17.8. The molecule has 2 fully saturated rings. The van der Waals surface area contributed by atoms with Crippen LogP contribution in [0.3, 0.4) is 0 Å². The Morgan fingerprint density at radius 2 is 1.69 bits per heavy atom. The van der Waals surface area contributed by atoms with Crippen molar-refractivity contribution < 1.29 is 4.79 Å². The zero-order valence-electron chi connectivity index (χ0n) is 14.9. The fraction of sp³-hybridized carbons (Fsp3) is 0.450. The Balaban J connectivity index is 1.37. The second-order valence-electron chi connectivity index (χ2n) is 7.05. The molecule has 2 amide bonds. The summed E-state index contributed by atoms with van der Waals surface area (Å²) in [5, 5.41) is 3.30. The van der Waals surface area contributed by atoms with Gasteiger partial charge < -0.3 is 15.1 Å². The molecule has 1 N–H and O–H groups in total. The largest absolute Gasteiger partial charge is 0.337 e. The predicted octanol–water partition coefficient (Wildman–Crippen LogP) is 2.85. The van der Waals surface area contributed by atoms with E-state index in [0.717, 1.165) is 19.0 Å². The predicted molar refractivity (Wildman–Crippen MR) is 101 cm³/mol. The number of amides is 2. The van der Waals surface area contributed by atoms with Gasteiger partial charge in [0.25, 0.3) is 0 Å². The molecule has 1 aromatic carbocycles. The van der Waals surface area contributed by atoms with Crippen molar-refractivity contribution in [1.82, 2.24) is 20.2 Å². The fourth-order valence-electron chi connectivity index (χ4n) is 3.70. The van der Waals surface area contributed by atoms with Gasteiger partial charge in [-0.25, -0.2) is 14.8 Å². The number of benzene rings is 1. The minimum atomic E-state index is 0.0411. The molecular formula is C20H25N5O. The summed E-state index contributed by atoms with van der Waals surface area (Å²) in [5.41, 5.74) is 1.21. The molecule has 6 heteroatoms. The number of anilines is 1. The van der Waals surface area contributed by atoms with Crippen molar-refractivity contribution in [3.05, 3.63) is 54.4 Å². The van der Waals surface area contributed by atoms with E-state index in [4.69, 9.17) is 0 Å². The average Bonchev–Trinajstić information content (AvgIpc) is 2.67. The third-order valence-electron chi connectivity index (χ3n) is 5.46. The van der Waals surface area contributed by atoms with E-state index in [-0.39, 0.29) is 12.1 Å². The number of piperazine rings is 1. The first-order valence-corrected chi connectivity index (χ1v) is 9.43. The maximum absolute atomic E-state index is 12.8. The molecule has 1 aliphatic carbocycles. The van der Waals surface area contributed by atoms with Crippen LogP contribution in [0.15, 0.2) is 48.8 Å². The Hall–Kier alpha value is -2.63. The molecule has 1 atom stereocenters. The van der Waals surface area contributed by atoms with Crippen molar-refractivity contribution in [1.29, 1.82) is 0 Å². The molecule has 1 aliphatic heterocycles. The van der Waals surface area contributed by atoms with Crippen molar-refractivity contribution in [2.24, 2.45) is 5.92 Å². The second kappa shape index (κ2) is 7.72. The third-order valence-corrected chi connectivity index (χ3v) is 5.46. The van der Waals surface area contributed by atoms with Crippen molar-refractivity contribution in [2.45, 2.75) is 25.3 Å². The third kappa shape index (κ3) is 3.64. The Labute approximate surface area is 154 Å². The van der Waals surface area contributed by atoms with Crippen molar-refractivity contribution >= 4 is 12.0 Å². The highest BCUT2D eigenvalue weighted by Crippen LogP contribution is 2.37. The highest BCUT2D eigenvalue weighted by Gasteiger charge is 2.31. The maximum Gasteiger partial charge on any atom is 0.318 e. The van der Waals surface area contributed by atoms with Crippen LogP contribution in [0.1, 0.15) is 30.9 Å². The van der Waals surface area contributed by atoms with E-state index in [2.05, 4.69) is 32.3 Å². The molecule has 0 bridgehead atoms. The van der Waals surface area contributed by atoms with Gasteiger partial charge in [0.15, 0.2) is 0 Å². The van der Waals surface area contributed by atoms with Crippen LogP contribution in [0.2, 0.25) is 0 Å². The molecule has 2 heterocycles. The number of rotatable bonds is 4. The molecule has 0 radical (unpaired) electrons. The fourth-order valence-corrected chi connectivity index (χ4v) is 3.70. The topological polar surface area (TPSA) is 61.4 Å². The van der Waals surface area contributed by atoms with Gasteiger partial charge in [-0.2, -0.15) is 0 Å². The molecular weight excluding hydrogens is 326 g/mol. The molecule has 2 aliphatic rings. The minimum Gasteiger partial charge on any atom is -0.337 e. The summed E-state index contributed by atoms with van der Waals surface area (Å²) in [7, 11) is 0. The van der Waals surface area contributed by atoms with Gasteiger partial charge in [-0.3, -0.25) is 0 Å². The van der Waals surface area contributed by atoms with Crippen LogP contribution in [-0.4, -0.2) is 47.1 Å². The monoisotopic (exact) mass is 351 g/mol. The van der Waals surface area contributed by atoms with Crippen molar-refractivity contribution in [3.8, 4) is 0 Å². The SMILES string of the molecule is O=C(NC(c1ccccc1)C1CCC1)N1CCN(c2ncccn2)CC1. The molecule has 0 spiro atoms. The molecule has 136 valence electrons. The standard InChI is InChI=1S/C20H25N5O/c26-20(23-18(17-8-4-9-17)16-6-2-1-3-7-16)25-14-12-24(13-15-25)19-21-10-5-11-22-19/h1-3,5-7,10-11,17-18H,4,8-9,12-15H2,(H,23,26). The van der Waals surface area contributed by atoms with E-state index < -0.39 is 0 Å². The van der Waals surface area contributed by atoms with Gasteiger partial charge in [0, 0.05) is 38.6 Å². The van der Waals surface area contributed by atoms with E-state index >= 15 is 0 Å². The second-order valence-corrected chi connectivity index (χ2v) is 7.05. The number of hydrogen-bond donors (Lipinski definition) is 1. The zero-order valence-corrected chi connectivity index (χ0v) is 14.9. The van der Waals surface area contributed by atoms with Gasteiger partial charge in [0.1, 0.15) is 0 Å². The Bertz CT molecular complexity index is 711. The highest BCUT2D eigenvalue weighted by atomic mass is 16.2. The lowest BCUT2D eigenvalue weighted by atomic mass is 9.77. The van der Waals surface area contributed by atoms with Crippen LogP contribution >= 0.6 is 0 Å². The lowest BCUT2D eigenvalue weighted by Crippen LogP contribution is -2.53. The molecule has 1 saturated heterocycles. The molecule has 1 saturated carbocycles. The number of aromatic nitrogens is 2. The van der Waals surface area contributed by atoms with E-state index in [1.54, 1.807) is 12.4 Å². The van der Waals surface area contributed by atoms with Crippen molar-refractivity contribution in [2.75, 3.05) is 31.1 Å². The van der Waals surface area contributed by atoms with Gasteiger partial charge in [-0.15, -0.1) is 0 Å². The summed E-state index contributed by atoms with van der Waals surface area (Å²) in [5.74, 6) is 1.30. The first-order chi connectivity index (χ1) is 12.8. The summed E-state index contributed by atoms with van der Waals surface area (Å²) in [6.45, 7) is 2.90. The highest BCUT2D eigenvalue weighted by molar-refractivity contribution is 5.75. The molecule has 26 heavy (non-hydrogen) atoms. The van der Waals surface area contributed by atoms with Gasteiger partial charge in [-0.1, -0.05) is 36.8 Å². The van der Waals surface area contributed by atoms with Crippen LogP contribution in [0.25, 0.3) is 0 Å². The van der Waals surface area contributed by atoms with E-state index in [1.807, 2.05) is 29.2 Å². The number of nitrogens with one attached hydrogen (secondary N) is 1. The molecule has 1 unspecified atom stereocenters. The number of nitrogens with zero attached hydrogens (tertiary/aromatic N) is 4. The van der Waals surface area contributed by atoms with Crippen LogP contribution < -0.4 is 10.2 Å². The number of hydrogen-bond acceptors (Lipinski definition) is 4. The summed E-state index contributed by atoms with van der Waals surface area (Å²) in [4.78, 5) is 25.5. The lowest BCUT2D eigenvalue weighted by Gasteiger charge is -2.38. The molecule has 4 rings (SSSR count). The first-order valence-electron chi connectivity index (χ1n) is 9.43. The molecule has 1 aromatic heterocycles. The van der Waals surface area contributed by atoms with Crippen LogP contribution in [-0.2, 0) is 0 Å². The average molecular weight is 351 g/mol. The maximum atomic E-state index is 12.8. The van der Waals surface area contributed by atoms with E-state index in [0.29, 0.717) is 19.0 Å². The summed E-state index contributed by atoms with van der Waals surface area (Å²) in [6.07, 6.45) is 7.16.